The van der Waals surface area contributed by atoms with Crippen LogP contribution in [-0.2, 0) is 16.6 Å². The van der Waals surface area contributed by atoms with Gasteiger partial charge in [-0.3, -0.25) is 0 Å². The number of sulfonamides is 1. The summed E-state index contributed by atoms with van der Waals surface area (Å²) in [4.78, 5) is 0.245. The van der Waals surface area contributed by atoms with Crippen molar-refractivity contribution in [2.45, 2.75) is 30.8 Å². The van der Waals surface area contributed by atoms with Crippen molar-refractivity contribution in [3.05, 3.63) is 28.2 Å². The van der Waals surface area contributed by atoms with Crippen LogP contribution < -0.4 is 10.5 Å². The molecule has 4 nitrogen and oxygen atoms in total. The van der Waals surface area contributed by atoms with Crippen LogP contribution in [0.3, 0.4) is 0 Å². The quantitative estimate of drug-likeness (QED) is 0.776. The van der Waals surface area contributed by atoms with Gasteiger partial charge in [0.2, 0.25) is 10.0 Å². The third kappa shape index (κ3) is 4.75. The number of hydrogen-bond acceptors (Lipinski definition) is 4. The molecule has 3 N–H and O–H groups in total. The molecule has 0 aliphatic heterocycles. The molecule has 0 aliphatic carbocycles. The van der Waals surface area contributed by atoms with Crippen LogP contribution >= 0.6 is 27.7 Å². The van der Waals surface area contributed by atoms with Gasteiger partial charge in [0.1, 0.15) is 0 Å². The molecule has 0 saturated heterocycles. The largest absolute Gasteiger partial charge is 0.326 e. The summed E-state index contributed by atoms with van der Waals surface area (Å²) in [6, 6.07) is 5.07. The summed E-state index contributed by atoms with van der Waals surface area (Å²) >= 11 is 4.90. The molecule has 19 heavy (non-hydrogen) atoms. The minimum Gasteiger partial charge on any atom is -0.326 e. The van der Waals surface area contributed by atoms with Gasteiger partial charge in [0, 0.05) is 22.8 Å². The lowest BCUT2D eigenvalue weighted by Gasteiger charge is -2.17. The average molecular weight is 367 g/mol. The predicted octanol–water partition coefficient (Wildman–Crippen LogP) is 2.33. The minimum absolute atomic E-state index is 0.0616. The van der Waals surface area contributed by atoms with Crippen molar-refractivity contribution in [1.82, 2.24) is 4.72 Å². The van der Waals surface area contributed by atoms with Crippen molar-refractivity contribution in [2.24, 2.45) is 5.73 Å². The number of rotatable bonds is 7. The first-order valence-corrected chi connectivity index (χ1v) is 9.61. The van der Waals surface area contributed by atoms with Gasteiger partial charge < -0.3 is 5.73 Å². The molecule has 0 bridgehead atoms. The third-order valence-corrected chi connectivity index (χ3v) is 5.95. The second kappa shape index (κ2) is 7.64. The molecule has 1 aromatic rings. The van der Waals surface area contributed by atoms with Gasteiger partial charge in [-0.15, -0.1) is 0 Å². The molecule has 0 amide bonds. The fourth-order valence-electron chi connectivity index (χ4n) is 1.60. The molecule has 1 unspecified atom stereocenters. The normalized spacial score (nSPS) is 13.5. The molecule has 1 aromatic carbocycles. The Morgan fingerprint density at radius 3 is 2.68 bits per heavy atom. The number of nitrogens with one attached hydrogen (secondary N) is 1. The van der Waals surface area contributed by atoms with E-state index >= 15 is 0 Å². The van der Waals surface area contributed by atoms with E-state index in [-0.39, 0.29) is 10.9 Å². The Balaban J connectivity index is 3.05. The summed E-state index contributed by atoms with van der Waals surface area (Å²) in [5.41, 5.74) is 6.35. The maximum Gasteiger partial charge on any atom is 0.241 e. The van der Waals surface area contributed by atoms with Gasteiger partial charge in [-0.2, -0.15) is 11.8 Å². The smallest absolute Gasteiger partial charge is 0.241 e. The number of nitrogens with two attached hydrogens (primary N) is 1. The van der Waals surface area contributed by atoms with Crippen molar-refractivity contribution in [2.75, 3.05) is 12.0 Å². The lowest BCUT2D eigenvalue weighted by atomic mass is 10.2. The van der Waals surface area contributed by atoms with E-state index in [1.165, 1.54) is 0 Å². The number of halogens is 1. The minimum atomic E-state index is -3.52. The highest BCUT2D eigenvalue weighted by molar-refractivity contribution is 9.10. The van der Waals surface area contributed by atoms with Crippen LogP contribution in [0.1, 0.15) is 18.9 Å². The van der Waals surface area contributed by atoms with Gasteiger partial charge >= 0.3 is 0 Å². The Bertz CT molecular complexity index is 520. The first kappa shape index (κ1) is 17.0. The third-order valence-electron chi connectivity index (χ3n) is 2.70. The Hall–Kier alpha value is -0.0800. The summed E-state index contributed by atoms with van der Waals surface area (Å²) in [7, 11) is -3.52. The van der Waals surface area contributed by atoms with Crippen LogP contribution in [0.25, 0.3) is 0 Å². The van der Waals surface area contributed by atoms with E-state index in [1.807, 2.05) is 19.2 Å². The van der Waals surface area contributed by atoms with E-state index in [2.05, 4.69) is 20.7 Å². The molecule has 0 heterocycles. The van der Waals surface area contributed by atoms with Gasteiger partial charge in [-0.25, -0.2) is 13.1 Å². The van der Waals surface area contributed by atoms with Crippen molar-refractivity contribution in [3.63, 3.8) is 0 Å². The van der Waals surface area contributed by atoms with Gasteiger partial charge in [0.15, 0.2) is 0 Å². The summed E-state index contributed by atoms with van der Waals surface area (Å²) in [6.45, 7) is 2.28. The van der Waals surface area contributed by atoms with Gasteiger partial charge in [0.25, 0.3) is 0 Å². The molecule has 0 aliphatic rings. The van der Waals surface area contributed by atoms with E-state index in [1.54, 1.807) is 23.9 Å². The zero-order valence-electron chi connectivity index (χ0n) is 11.0. The van der Waals surface area contributed by atoms with E-state index in [9.17, 15) is 8.42 Å². The van der Waals surface area contributed by atoms with E-state index < -0.39 is 10.0 Å². The Morgan fingerprint density at radius 1 is 1.47 bits per heavy atom. The average Bonchev–Trinajstić information content (AvgIpc) is 2.38. The van der Waals surface area contributed by atoms with Crippen LogP contribution in [0.5, 0.6) is 0 Å². The summed E-state index contributed by atoms with van der Waals surface area (Å²) in [5, 5.41) is 0. The molecule has 1 rings (SSSR count). The van der Waals surface area contributed by atoms with Crippen LogP contribution in [0, 0.1) is 0 Å². The van der Waals surface area contributed by atoms with Crippen LogP contribution in [0.15, 0.2) is 27.6 Å². The highest BCUT2D eigenvalue weighted by atomic mass is 79.9. The zero-order chi connectivity index (χ0) is 14.5. The van der Waals surface area contributed by atoms with Crippen LogP contribution in [0.4, 0.5) is 0 Å². The van der Waals surface area contributed by atoms with Crippen molar-refractivity contribution < 1.29 is 8.42 Å². The van der Waals surface area contributed by atoms with E-state index in [0.717, 1.165) is 17.7 Å². The number of benzene rings is 1. The molecular formula is C12H19BrN2O2S2. The highest BCUT2D eigenvalue weighted by Crippen LogP contribution is 2.23. The molecule has 7 heteroatoms. The maximum atomic E-state index is 12.4. The first-order chi connectivity index (χ1) is 8.94. The van der Waals surface area contributed by atoms with Crippen molar-refractivity contribution in [3.8, 4) is 0 Å². The second-order valence-corrected chi connectivity index (χ2v) is 7.60. The second-order valence-electron chi connectivity index (χ2n) is 4.15. The molecule has 0 spiro atoms. The fraction of sp³-hybridized carbons (Fsp3) is 0.500. The molecule has 108 valence electrons. The monoisotopic (exact) mass is 366 g/mol. The van der Waals surface area contributed by atoms with E-state index in [0.29, 0.717) is 11.0 Å². The van der Waals surface area contributed by atoms with Gasteiger partial charge in [0.05, 0.1) is 4.90 Å². The Labute approximate surface area is 127 Å². The molecule has 0 aromatic heterocycles. The summed E-state index contributed by atoms with van der Waals surface area (Å²) < 4.78 is 28.0. The fourth-order valence-corrected chi connectivity index (χ4v) is 4.76. The van der Waals surface area contributed by atoms with Crippen LogP contribution in [0.2, 0.25) is 0 Å². The number of thioether (sulfide) groups is 1. The Morgan fingerprint density at radius 2 is 2.16 bits per heavy atom. The van der Waals surface area contributed by atoms with Gasteiger partial charge in [-0.05, 0) is 46.3 Å². The van der Waals surface area contributed by atoms with Crippen molar-refractivity contribution in [1.29, 1.82) is 0 Å². The van der Waals surface area contributed by atoms with Crippen LogP contribution in [-0.4, -0.2) is 26.5 Å². The zero-order valence-corrected chi connectivity index (χ0v) is 14.2. The predicted molar refractivity (Wildman–Crippen MR) is 84.8 cm³/mol. The molecular weight excluding hydrogens is 348 g/mol. The van der Waals surface area contributed by atoms with E-state index in [4.69, 9.17) is 5.73 Å². The molecule has 0 saturated carbocycles. The first-order valence-electron chi connectivity index (χ1n) is 5.94. The SMILES string of the molecule is CCC(CSC)NS(=O)(=O)c1cc(CN)ccc1Br. The Kier molecular flexibility index (Phi) is 6.82. The van der Waals surface area contributed by atoms with Crippen molar-refractivity contribution >= 4 is 37.7 Å². The molecule has 1 atom stereocenters. The lowest BCUT2D eigenvalue weighted by molar-refractivity contribution is 0.557. The summed E-state index contributed by atoms with van der Waals surface area (Å²) in [6.07, 6.45) is 2.72. The summed E-state index contributed by atoms with van der Waals surface area (Å²) in [5.74, 6) is 0.754. The highest BCUT2D eigenvalue weighted by Gasteiger charge is 2.21. The lowest BCUT2D eigenvalue weighted by Crippen LogP contribution is -2.36. The molecule has 0 fully saturated rings. The molecule has 0 radical (unpaired) electrons. The topological polar surface area (TPSA) is 72.2 Å². The van der Waals surface area contributed by atoms with Gasteiger partial charge in [-0.1, -0.05) is 13.0 Å². The maximum absolute atomic E-state index is 12.4. The standard InChI is InChI=1S/C12H19BrN2O2S2/c1-3-10(8-18-2)15-19(16,17)12-6-9(7-14)4-5-11(12)13/h4-6,10,15H,3,7-8,14H2,1-2H3. The number of hydrogen-bond donors (Lipinski definition) is 2.